The van der Waals surface area contributed by atoms with Gasteiger partial charge in [-0.15, -0.1) is 0 Å². The number of rotatable bonds is 6. The Morgan fingerprint density at radius 3 is 2.55 bits per heavy atom. The van der Waals surface area contributed by atoms with Gasteiger partial charge in [-0.1, -0.05) is 12.5 Å². The lowest BCUT2D eigenvalue weighted by atomic mass is 9.89. The fourth-order valence-electron chi connectivity index (χ4n) is 2.95. The first-order chi connectivity index (χ1) is 9.67. The van der Waals surface area contributed by atoms with E-state index in [4.69, 9.17) is 9.47 Å². The molecule has 4 nitrogen and oxygen atoms in total. The predicted molar refractivity (Wildman–Crippen MR) is 76.5 cm³/mol. The van der Waals surface area contributed by atoms with Crippen LogP contribution in [0.3, 0.4) is 0 Å². The van der Waals surface area contributed by atoms with Crippen LogP contribution < -0.4 is 9.47 Å². The van der Waals surface area contributed by atoms with E-state index in [-0.39, 0.29) is 11.8 Å². The predicted octanol–water partition coefficient (Wildman–Crippen LogP) is 3.45. The highest BCUT2D eigenvalue weighted by Crippen LogP contribution is 2.42. The minimum absolute atomic E-state index is 0.0855. The maximum Gasteiger partial charge on any atom is 0.307 e. The van der Waals surface area contributed by atoms with Crippen molar-refractivity contribution in [2.24, 2.45) is 5.92 Å². The van der Waals surface area contributed by atoms with E-state index < -0.39 is 5.97 Å². The summed E-state index contributed by atoms with van der Waals surface area (Å²) >= 11 is 0. The molecule has 0 radical (unpaired) electrons. The molecule has 0 amide bonds. The third kappa shape index (κ3) is 3.06. The molecule has 110 valence electrons. The van der Waals surface area contributed by atoms with E-state index in [2.05, 4.69) is 0 Å². The van der Waals surface area contributed by atoms with E-state index in [1.54, 1.807) is 0 Å². The van der Waals surface area contributed by atoms with Crippen molar-refractivity contribution in [3.05, 3.63) is 23.8 Å². The molecule has 1 aromatic carbocycles. The molecule has 1 aliphatic rings. The molecule has 2 atom stereocenters. The van der Waals surface area contributed by atoms with Crippen molar-refractivity contribution in [1.82, 2.24) is 0 Å². The summed E-state index contributed by atoms with van der Waals surface area (Å²) in [5, 5.41) is 9.30. The number of ether oxygens (including phenoxy) is 2. The van der Waals surface area contributed by atoms with Crippen molar-refractivity contribution in [1.29, 1.82) is 0 Å². The molecule has 0 spiro atoms. The second-order valence-electron chi connectivity index (χ2n) is 5.05. The smallest absolute Gasteiger partial charge is 0.307 e. The summed E-state index contributed by atoms with van der Waals surface area (Å²) in [6, 6.07) is 5.81. The molecule has 0 aliphatic heterocycles. The number of hydrogen-bond acceptors (Lipinski definition) is 3. The third-order valence-electron chi connectivity index (χ3n) is 3.83. The third-order valence-corrected chi connectivity index (χ3v) is 3.83. The van der Waals surface area contributed by atoms with Crippen LogP contribution in [-0.4, -0.2) is 24.3 Å². The maximum absolute atomic E-state index is 11.3. The summed E-state index contributed by atoms with van der Waals surface area (Å²) in [5.41, 5.74) is 1.04. The van der Waals surface area contributed by atoms with Gasteiger partial charge < -0.3 is 14.6 Å². The van der Waals surface area contributed by atoms with Crippen molar-refractivity contribution < 1.29 is 19.4 Å². The Labute approximate surface area is 119 Å². The van der Waals surface area contributed by atoms with Crippen LogP contribution in [0.5, 0.6) is 11.5 Å². The van der Waals surface area contributed by atoms with Gasteiger partial charge in [0.2, 0.25) is 0 Å². The molecular formula is C16H22O4. The van der Waals surface area contributed by atoms with E-state index >= 15 is 0 Å². The lowest BCUT2D eigenvalue weighted by Gasteiger charge is -2.18. The summed E-state index contributed by atoms with van der Waals surface area (Å²) in [6.45, 7) is 5.01. The van der Waals surface area contributed by atoms with Crippen LogP contribution in [0.2, 0.25) is 0 Å². The van der Waals surface area contributed by atoms with Gasteiger partial charge in [0.05, 0.1) is 19.1 Å². The minimum atomic E-state index is -0.695. The average Bonchev–Trinajstić information content (AvgIpc) is 2.91. The second kappa shape index (κ2) is 6.64. The van der Waals surface area contributed by atoms with Gasteiger partial charge in [-0.25, -0.2) is 0 Å². The molecule has 1 aliphatic carbocycles. The Morgan fingerprint density at radius 1 is 1.20 bits per heavy atom. The van der Waals surface area contributed by atoms with Crippen LogP contribution in [0.15, 0.2) is 18.2 Å². The Morgan fingerprint density at radius 2 is 1.90 bits per heavy atom. The van der Waals surface area contributed by atoms with Crippen molar-refractivity contribution in [2.45, 2.75) is 39.0 Å². The Balaban J connectivity index is 2.28. The molecule has 2 rings (SSSR count). The van der Waals surface area contributed by atoms with Crippen LogP contribution in [-0.2, 0) is 4.79 Å². The van der Waals surface area contributed by atoms with Gasteiger partial charge in [0.1, 0.15) is 0 Å². The molecule has 0 heterocycles. The number of hydrogen-bond donors (Lipinski definition) is 1. The molecule has 0 bridgehead atoms. The Kier molecular flexibility index (Phi) is 4.88. The van der Waals surface area contributed by atoms with Gasteiger partial charge in [-0.3, -0.25) is 4.79 Å². The molecular weight excluding hydrogens is 256 g/mol. The summed E-state index contributed by atoms with van der Waals surface area (Å²) in [4.78, 5) is 11.3. The highest BCUT2D eigenvalue weighted by Gasteiger charge is 2.34. The molecule has 1 N–H and O–H groups in total. The standard InChI is InChI=1S/C16H22O4/c1-3-19-14-9-8-11(10-15(14)20-4-2)12-6-5-7-13(12)16(17)18/h8-10,12-13H,3-7H2,1-2H3,(H,17,18). The fourth-order valence-corrected chi connectivity index (χ4v) is 2.95. The largest absolute Gasteiger partial charge is 0.490 e. The summed E-state index contributed by atoms with van der Waals surface area (Å²) in [7, 11) is 0. The monoisotopic (exact) mass is 278 g/mol. The number of benzene rings is 1. The zero-order chi connectivity index (χ0) is 14.5. The summed E-state index contributed by atoms with van der Waals surface area (Å²) < 4.78 is 11.2. The van der Waals surface area contributed by atoms with Crippen molar-refractivity contribution in [3.8, 4) is 11.5 Å². The zero-order valence-corrected chi connectivity index (χ0v) is 12.1. The van der Waals surface area contributed by atoms with Gasteiger partial charge in [-0.05, 0) is 50.3 Å². The molecule has 0 aromatic heterocycles. The van der Waals surface area contributed by atoms with Gasteiger partial charge in [0.25, 0.3) is 0 Å². The van der Waals surface area contributed by atoms with E-state index in [1.165, 1.54) is 0 Å². The highest BCUT2D eigenvalue weighted by molar-refractivity contribution is 5.72. The maximum atomic E-state index is 11.3. The molecule has 1 aromatic rings. The normalized spacial score (nSPS) is 21.7. The zero-order valence-electron chi connectivity index (χ0n) is 12.1. The van der Waals surface area contributed by atoms with E-state index in [0.29, 0.717) is 19.0 Å². The van der Waals surface area contributed by atoms with Crippen LogP contribution in [0.1, 0.15) is 44.6 Å². The SMILES string of the molecule is CCOc1ccc(C2CCCC2C(=O)O)cc1OCC. The number of carbonyl (C=O) groups is 1. The van der Waals surface area contributed by atoms with Crippen molar-refractivity contribution in [3.63, 3.8) is 0 Å². The molecule has 1 fully saturated rings. The second-order valence-corrected chi connectivity index (χ2v) is 5.05. The van der Waals surface area contributed by atoms with E-state index in [0.717, 1.165) is 30.6 Å². The topological polar surface area (TPSA) is 55.8 Å². The summed E-state index contributed by atoms with van der Waals surface area (Å²) in [5.74, 6) is 0.551. The van der Waals surface area contributed by atoms with Gasteiger partial charge >= 0.3 is 5.97 Å². The van der Waals surface area contributed by atoms with Crippen LogP contribution >= 0.6 is 0 Å². The van der Waals surface area contributed by atoms with Crippen LogP contribution in [0.25, 0.3) is 0 Å². The molecule has 0 saturated heterocycles. The number of carboxylic acid groups (broad SMARTS) is 1. The van der Waals surface area contributed by atoms with Gasteiger partial charge in [0.15, 0.2) is 11.5 Å². The Hall–Kier alpha value is -1.71. The number of carboxylic acids is 1. The van der Waals surface area contributed by atoms with Gasteiger partial charge in [-0.2, -0.15) is 0 Å². The summed E-state index contributed by atoms with van der Waals surface area (Å²) in [6.07, 6.45) is 2.66. The molecule has 2 unspecified atom stereocenters. The molecule has 20 heavy (non-hydrogen) atoms. The first kappa shape index (κ1) is 14.7. The first-order valence-corrected chi connectivity index (χ1v) is 7.29. The first-order valence-electron chi connectivity index (χ1n) is 7.29. The van der Waals surface area contributed by atoms with E-state index in [1.807, 2.05) is 32.0 Å². The van der Waals surface area contributed by atoms with E-state index in [9.17, 15) is 9.90 Å². The number of aliphatic carboxylic acids is 1. The molecule has 1 saturated carbocycles. The Bertz CT molecular complexity index is 470. The van der Waals surface area contributed by atoms with Crippen LogP contribution in [0.4, 0.5) is 0 Å². The highest BCUT2D eigenvalue weighted by atomic mass is 16.5. The fraction of sp³-hybridized carbons (Fsp3) is 0.562. The van der Waals surface area contributed by atoms with Crippen molar-refractivity contribution >= 4 is 5.97 Å². The minimum Gasteiger partial charge on any atom is -0.490 e. The van der Waals surface area contributed by atoms with Gasteiger partial charge in [0, 0.05) is 0 Å². The van der Waals surface area contributed by atoms with Crippen LogP contribution in [0, 0.1) is 5.92 Å². The quantitative estimate of drug-likeness (QED) is 0.866. The lowest BCUT2D eigenvalue weighted by Crippen LogP contribution is -2.16. The average molecular weight is 278 g/mol. The van der Waals surface area contributed by atoms with Crippen molar-refractivity contribution in [2.75, 3.05) is 13.2 Å². The molecule has 4 heteroatoms. The lowest BCUT2D eigenvalue weighted by molar-refractivity contribution is -0.142.